The number of anilines is 1. The molecule has 3 aromatic rings. The number of sulfone groups is 1. The Kier molecular flexibility index (Phi) is 8.20. The molecule has 0 radical (unpaired) electrons. The molecule has 37 heavy (non-hydrogen) atoms. The highest BCUT2D eigenvalue weighted by Crippen LogP contribution is 2.33. The first kappa shape index (κ1) is 26.3. The minimum atomic E-state index is -4.19. The van der Waals surface area contributed by atoms with Crippen molar-refractivity contribution in [3.05, 3.63) is 93.5 Å². The van der Waals surface area contributed by atoms with Gasteiger partial charge in [-0.2, -0.15) is 0 Å². The van der Waals surface area contributed by atoms with Crippen LogP contribution < -0.4 is 11.1 Å². The summed E-state index contributed by atoms with van der Waals surface area (Å²) in [4.78, 5) is 23.1. The lowest BCUT2D eigenvalue weighted by Gasteiger charge is -2.22. The number of ether oxygens (including phenoxy) is 1. The minimum Gasteiger partial charge on any atom is -0.381 e. The number of nitro benzene ring substituents is 1. The third kappa shape index (κ3) is 6.15. The molecule has 10 heteroatoms. The fourth-order valence-corrected chi connectivity index (χ4v) is 6.09. The van der Waals surface area contributed by atoms with Crippen molar-refractivity contribution in [1.82, 2.24) is 0 Å². The van der Waals surface area contributed by atoms with Gasteiger partial charge in [0.15, 0.2) is 0 Å². The van der Waals surface area contributed by atoms with E-state index in [0.717, 1.165) is 24.5 Å². The van der Waals surface area contributed by atoms with E-state index in [0.29, 0.717) is 37.7 Å². The van der Waals surface area contributed by atoms with Crippen molar-refractivity contribution in [3.8, 4) is 0 Å². The molecule has 0 saturated carbocycles. The summed E-state index contributed by atoms with van der Waals surface area (Å²) in [7, 11) is -4.19. The van der Waals surface area contributed by atoms with Crippen molar-refractivity contribution in [2.75, 3.05) is 25.1 Å². The molecule has 0 bridgehead atoms. The molecule has 9 nitrogen and oxygen atoms in total. The maximum Gasteiger partial charge on any atom is 0.293 e. The first-order valence-corrected chi connectivity index (χ1v) is 13.6. The number of nitro groups is 1. The van der Waals surface area contributed by atoms with E-state index in [1.54, 1.807) is 0 Å². The van der Waals surface area contributed by atoms with Crippen molar-refractivity contribution < 1.29 is 22.9 Å². The molecule has 1 heterocycles. The largest absolute Gasteiger partial charge is 0.381 e. The highest BCUT2D eigenvalue weighted by molar-refractivity contribution is 7.91. The van der Waals surface area contributed by atoms with Gasteiger partial charge in [0.25, 0.3) is 5.69 Å². The van der Waals surface area contributed by atoms with E-state index in [-0.39, 0.29) is 33.2 Å². The molecule has 3 aromatic carbocycles. The number of nitrogens with one attached hydrogen (secondary N) is 1. The average molecular weight is 524 g/mol. The van der Waals surface area contributed by atoms with E-state index in [4.69, 9.17) is 10.5 Å². The lowest BCUT2D eigenvalue weighted by molar-refractivity contribution is -0.384. The Hall–Kier alpha value is -3.76. The Morgan fingerprint density at radius 3 is 2.43 bits per heavy atom. The zero-order chi connectivity index (χ0) is 26.4. The number of hydrogen-bond acceptors (Lipinski definition) is 7. The summed E-state index contributed by atoms with van der Waals surface area (Å²) in [6.45, 7) is 1.84. The summed E-state index contributed by atoms with van der Waals surface area (Å²) in [5.41, 5.74) is 6.88. The minimum absolute atomic E-state index is 0.0862. The number of primary amides is 1. The Balaban J connectivity index is 1.68. The zero-order valence-electron chi connectivity index (χ0n) is 20.3. The SMILES string of the molecule is NC(=O)c1cccc(S(=O)(=O)c2ccc(NCC3CCOCC3)c([N+](=O)[O-])c2)c1CCc1ccccc1. The summed E-state index contributed by atoms with van der Waals surface area (Å²) in [6, 6.07) is 17.7. The summed E-state index contributed by atoms with van der Waals surface area (Å²) in [5.74, 6) is -0.417. The Labute approximate surface area is 215 Å². The van der Waals surface area contributed by atoms with Gasteiger partial charge < -0.3 is 15.8 Å². The number of nitrogens with two attached hydrogens (primary N) is 1. The van der Waals surface area contributed by atoms with Gasteiger partial charge in [-0.3, -0.25) is 14.9 Å². The van der Waals surface area contributed by atoms with Gasteiger partial charge in [-0.1, -0.05) is 36.4 Å². The van der Waals surface area contributed by atoms with E-state index < -0.39 is 20.7 Å². The van der Waals surface area contributed by atoms with E-state index in [9.17, 15) is 23.3 Å². The first-order chi connectivity index (χ1) is 17.8. The van der Waals surface area contributed by atoms with Crippen molar-refractivity contribution in [2.24, 2.45) is 11.7 Å². The fraction of sp³-hybridized carbons (Fsp3) is 0.296. The van der Waals surface area contributed by atoms with Gasteiger partial charge >= 0.3 is 0 Å². The van der Waals surface area contributed by atoms with E-state index in [1.807, 2.05) is 30.3 Å². The van der Waals surface area contributed by atoms with Gasteiger partial charge in [0.1, 0.15) is 5.69 Å². The number of benzene rings is 3. The second kappa shape index (κ2) is 11.5. The molecular weight excluding hydrogens is 494 g/mol. The van der Waals surface area contributed by atoms with Crippen molar-refractivity contribution in [3.63, 3.8) is 0 Å². The number of aryl methyl sites for hydroxylation is 1. The number of rotatable bonds is 10. The maximum atomic E-state index is 13.7. The predicted octanol–water partition coefficient (Wildman–Crippen LogP) is 4.15. The molecule has 0 spiro atoms. The highest BCUT2D eigenvalue weighted by atomic mass is 32.2. The van der Waals surface area contributed by atoms with Gasteiger partial charge in [0.2, 0.25) is 15.7 Å². The molecule has 194 valence electrons. The summed E-state index contributed by atoms with van der Waals surface area (Å²) >= 11 is 0. The van der Waals surface area contributed by atoms with Crippen LogP contribution in [0.5, 0.6) is 0 Å². The normalized spacial score (nSPS) is 14.3. The second-order valence-electron chi connectivity index (χ2n) is 9.01. The molecule has 0 atom stereocenters. The molecule has 4 rings (SSSR count). The summed E-state index contributed by atoms with van der Waals surface area (Å²) in [6.07, 6.45) is 2.46. The molecule has 1 aliphatic heterocycles. The fourth-order valence-electron chi connectivity index (χ4n) is 4.53. The summed E-state index contributed by atoms with van der Waals surface area (Å²) < 4.78 is 32.8. The number of hydrogen-bond donors (Lipinski definition) is 2. The van der Waals surface area contributed by atoms with Crippen molar-refractivity contribution in [1.29, 1.82) is 0 Å². The van der Waals surface area contributed by atoms with Crippen LogP contribution in [0.3, 0.4) is 0 Å². The van der Waals surface area contributed by atoms with Gasteiger partial charge in [0, 0.05) is 31.4 Å². The predicted molar refractivity (Wildman–Crippen MR) is 139 cm³/mol. The number of carbonyl (C=O) groups excluding carboxylic acids is 1. The Morgan fingerprint density at radius 2 is 1.76 bits per heavy atom. The van der Waals surface area contributed by atoms with Crippen LogP contribution in [0.15, 0.2) is 76.5 Å². The molecule has 0 unspecified atom stereocenters. The van der Waals surface area contributed by atoms with E-state index in [1.165, 1.54) is 30.3 Å². The quantitative estimate of drug-likeness (QED) is 0.300. The Morgan fingerprint density at radius 1 is 1.03 bits per heavy atom. The maximum absolute atomic E-state index is 13.7. The highest BCUT2D eigenvalue weighted by Gasteiger charge is 2.27. The number of carbonyl (C=O) groups is 1. The molecule has 1 saturated heterocycles. The molecule has 1 aliphatic rings. The topological polar surface area (TPSA) is 142 Å². The molecular formula is C27H29N3O6S. The van der Waals surface area contributed by atoms with Gasteiger partial charge in [0.05, 0.1) is 14.7 Å². The first-order valence-electron chi connectivity index (χ1n) is 12.1. The standard InChI is InChI=1S/C27H29N3O6S/c28-27(31)23-7-4-8-26(22(23)11-9-19-5-2-1-3-6-19)37(34,35)21-10-12-24(25(17-21)30(32)33)29-18-20-13-15-36-16-14-20/h1-8,10,12,17,20,29H,9,11,13-16,18H2,(H2,28,31). The molecule has 0 aliphatic carbocycles. The molecule has 0 aromatic heterocycles. The zero-order valence-corrected chi connectivity index (χ0v) is 21.1. The third-order valence-corrected chi connectivity index (χ3v) is 8.43. The monoisotopic (exact) mass is 523 g/mol. The van der Waals surface area contributed by atoms with Gasteiger partial charge in [-0.25, -0.2) is 8.42 Å². The number of amides is 1. The van der Waals surface area contributed by atoms with Crippen LogP contribution in [0.1, 0.15) is 34.3 Å². The number of nitrogens with zero attached hydrogens (tertiary/aromatic N) is 1. The van der Waals surface area contributed by atoms with Crippen molar-refractivity contribution >= 4 is 27.1 Å². The smallest absolute Gasteiger partial charge is 0.293 e. The molecule has 1 fully saturated rings. The van der Waals surface area contributed by atoms with Gasteiger partial charge in [-0.05, 0) is 67.0 Å². The van der Waals surface area contributed by atoms with Crippen LogP contribution >= 0.6 is 0 Å². The van der Waals surface area contributed by atoms with E-state index >= 15 is 0 Å². The van der Waals surface area contributed by atoms with Gasteiger partial charge in [-0.15, -0.1) is 0 Å². The average Bonchev–Trinajstić information content (AvgIpc) is 2.91. The summed E-state index contributed by atoms with van der Waals surface area (Å²) in [5, 5.41) is 15.0. The lowest BCUT2D eigenvalue weighted by Crippen LogP contribution is -2.23. The Bertz CT molecular complexity index is 1390. The van der Waals surface area contributed by atoms with Crippen molar-refractivity contribution in [2.45, 2.75) is 35.5 Å². The van der Waals surface area contributed by atoms with Crippen LogP contribution in [0, 0.1) is 16.0 Å². The second-order valence-corrected chi connectivity index (χ2v) is 10.9. The third-order valence-electron chi connectivity index (χ3n) is 6.59. The van der Waals surface area contributed by atoms with Crippen LogP contribution in [0.4, 0.5) is 11.4 Å². The molecule has 1 amide bonds. The van der Waals surface area contributed by atoms with Crippen LogP contribution in [-0.2, 0) is 27.4 Å². The van der Waals surface area contributed by atoms with Crippen LogP contribution in [0.2, 0.25) is 0 Å². The lowest BCUT2D eigenvalue weighted by atomic mass is 9.99. The van der Waals surface area contributed by atoms with Crippen LogP contribution in [0.25, 0.3) is 0 Å². The van der Waals surface area contributed by atoms with Crippen LogP contribution in [-0.4, -0.2) is 39.0 Å². The van der Waals surface area contributed by atoms with E-state index in [2.05, 4.69) is 5.32 Å². The molecule has 3 N–H and O–H groups in total.